The molecule has 0 bridgehead atoms. The maximum Gasteiger partial charge on any atom is 0.143 e. The lowest BCUT2D eigenvalue weighted by Gasteiger charge is -2.10. The predicted octanol–water partition coefficient (Wildman–Crippen LogP) is 2.47. The molecule has 0 unspecified atom stereocenters. The largest absolute Gasteiger partial charge is 0.392 e. The number of imidazole rings is 1. The van der Waals surface area contributed by atoms with E-state index in [2.05, 4.69) is 32.8 Å². The van der Waals surface area contributed by atoms with Gasteiger partial charge in [0.2, 0.25) is 0 Å². The van der Waals surface area contributed by atoms with Crippen LogP contribution in [0.5, 0.6) is 0 Å². The Morgan fingerprint density at radius 1 is 1.41 bits per heavy atom. The van der Waals surface area contributed by atoms with Crippen LogP contribution in [0.15, 0.2) is 29.1 Å². The molecule has 4 nitrogen and oxygen atoms in total. The van der Waals surface area contributed by atoms with E-state index in [9.17, 15) is 5.11 Å². The molecule has 0 aliphatic rings. The van der Waals surface area contributed by atoms with Gasteiger partial charge in [-0.05, 0) is 28.4 Å². The molecule has 2 aromatic rings. The van der Waals surface area contributed by atoms with Crippen molar-refractivity contribution in [2.75, 3.05) is 0 Å². The monoisotopic (exact) mass is 295 g/mol. The lowest BCUT2D eigenvalue weighted by molar-refractivity contribution is 0.281. The van der Waals surface area contributed by atoms with E-state index in [-0.39, 0.29) is 6.61 Å². The van der Waals surface area contributed by atoms with Gasteiger partial charge in [0.05, 0.1) is 6.61 Å². The average molecular weight is 296 g/mol. The van der Waals surface area contributed by atoms with Crippen LogP contribution in [0.4, 0.5) is 0 Å². The number of aliphatic hydroxyl groups is 1. The van der Waals surface area contributed by atoms with Crippen LogP contribution in [0.2, 0.25) is 0 Å². The van der Waals surface area contributed by atoms with Crippen LogP contribution in [0.3, 0.4) is 0 Å². The lowest BCUT2D eigenvalue weighted by atomic mass is 10.2. The molecule has 0 aromatic carbocycles. The molecule has 0 aliphatic carbocycles. The summed E-state index contributed by atoms with van der Waals surface area (Å²) >= 11 is 3.35. The van der Waals surface area contributed by atoms with Crippen molar-refractivity contribution in [2.45, 2.75) is 26.4 Å². The van der Waals surface area contributed by atoms with Gasteiger partial charge >= 0.3 is 0 Å². The molecule has 2 heterocycles. The van der Waals surface area contributed by atoms with Gasteiger partial charge < -0.3 is 5.11 Å². The topological polar surface area (TPSA) is 50.9 Å². The first-order valence-electron chi connectivity index (χ1n) is 5.54. The molecular weight excluding hydrogens is 282 g/mol. The number of halogens is 1. The SMILES string of the molecule is CCCc1nccn1-c1ncc(Br)cc1CO. The molecule has 90 valence electrons. The predicted molar refractivity (Wildman–Crippen MR) is 69.0 cm³/mol. The Kier molecular flexibility index (Phi) is 3.91. The number of pyridine rings is 1. The van der Waals surface area contributed by atoms with Gasteiger partial charge in [0, 0.05) is 35.0 Å². The fourth-order valence-corrected chi connectivity index (χ4v) is 2.12. The van der Waals surface area contributed by atoms with Gasteiger partial charge in [-0.3, -0.25) is 4.57 Å². The molecular formula is C12H14BrN3O. The molecule has 1 N–H and O–H groups in total. The standard InChI is InChI=1S/C12H14BrN3O/c1-2-3-11-14-4-5-16(11)12-9(8-17)6-10(13)7-15-12/h4-7,17H,2-3,8H2,1H3. The quantitative estimate of drug-likeness (QED) is 0.943. The Bertz CT molecular complexity index is 510. The number of rotatable bonds is 4. The zero-order valence-electron chi connectivity index (χ0n) is 9.60. The van der Waals surface area contributed by atoms with Crippen molar-refractivity contribution in [3.8, 4) is 5.82 Å². The van der Waals surface area contributed by atoms with E-state index in [0.29, 0.717) is 0 Å². The third kappa shape index (κ3) is 2.56. The van der Waals surface area contributed by atoms with E-state index in [0.717, 1.165) is 34.5 Å². The van der Waals surface area contributed by atoms with Crippen molar-refractivity contribution in [3.05, 3.63) is 40.5 Å². The van der Waals surface area contributed by atoms with Gasteiger partial charge in [-0.25, -0.2) is 9.97 Å². The van der Waals surface area contributed by atoms with Crippen molar-refractivity contribution < 1.29 is 5.11 Å². The summed E-state index contributed by atoms with van der Waals surface area (Å²) in [6, 6.07) is 1.87. The summed E-state index contributed by atoms with van der Waals surface area (Å²) in [5.41, 5.74) is 0.787. The van der Waals surface area contributed by atoms with Crippen molar-refractivity contribution in [1.29, 1.82) is 0 Å². The molecule has 0 amide bonds. The summed E-state index contributed by atoms with van der Waals surface area (Å²) < 4.78 is 2.80. The van der Waals surface area contributed by atoms with E-state index in [1.807, 2.05) is 16.8 Å². The Balaban J connectivity index is 2.48. The Labute approximate surface area is 108 Å². The fraction of sp³-hybridized carbons (Fsp3) is 0.333. The molecule has 2 aromatic heterocycles. The van der Waals surface area contributed by atoms with Crippen LogP contribution in [-0.2, 0) is 13.0 Å². The second-order valence-electron chi connectivity index (χ2n) is 3.76. The number of hydrogen-bond acceptors (Lipinski definition) is 3. The van der Waals surface area contributed by atoms with Crippen molar-refractivity contribution in [1.82, 2.24) is 14.5 Å². The van der Waals surface area contributed by atoms with Gasteiger partial charge in [-0.2, -0.15) is 0 Å². The molecule has 0 radical (unpaired) electrons. The normalized spacial score (nSPS) is 10.8. The molecule has 2 rings (SSSR count). The third-order valence-electron chi connectivity index (χ3n) is 2.50. The van der Waals surface area contributed by atoms with E-state index in [1.54, 1.807) is 12.4 Å². The highest BCUT2D eigenvalue weighted by Crippen LogP contribution is 2.19. The number of hydrogen-bond donors (Lipinski definition) is 1. The Hall–Kier alpha value is -1.20. The first kappa shape index (κ1) is 12.3. The average Bonchev–Trinajstić information content (AvgIpc) is 2.77. The highest BCUT2D eigenvalue weighted by atomic mass is 79.9. The van der Waals surface area contributed by atoms with Crippen molar-refractivity contribution in [2.24, 2.45) is 0 Å². The van der Waals surface area contributed by atoms with Crippen LogP contribution < -0.4 is 0 Å². The van der Waals surface area contributed by atoms with Crippen LogP contribution >= 0.6 is 15.9 Å². The third-order valence-corrected chi connectivity index (χ3v) is 2.93. The summed E-state index contributed by atoms with van der Waals surface area (Å²) in [4.78, 5) is 8.66. The summed E-state index contributed by atoms with van der Waals surface area (Å²) in [6.45, 7) is 2.08. The minimum Gasteiger partial charge on any atom is -0.392 e. The minimum absolute atomic E-state index is 0.0362. The Morgan fingerprint density at radius 3 is 2.94 bits per heavy atom. The Morgan fingerprint density at radius 2 is 2.24 bits per heavy atom. The van der Waals surface area contributed by atoms with Crippen LogP contribution in [0, 0.1) is 0 Å². The minimum atomic E-state index is -0.0362. The van der Waals surface area contributed by atoms with E-state index in [1.165, 1.54) is 0 Å². The number of aliphatic hydroxyl groups excluding tert-OH is 1. The first-order chi connectivity index (χ1) is 8.26. The maximum atomic E-state index is 9.37. The number of aryl methyl sites for hydroxylation is 1. The molecule has 0 spiro atoms. The zero-order chi connectivity index (χ0) is 12.3. The smallest absolute Gasteiger partial charge is 0.143 e. The zero-order valence-corrected chi connectivity index (χ0v) is 11.2. The van der Waals surface area contributed by atoms with E-state index < -0.39 is 0 Å². The molecule has 0 fully saturated rings. The van der Waals surface area contributed by atoms with Gasteiger partial charge in [-0.1, -0.05) is 6.92 Å². The van der Waals surface area contributed by atoms with Gasteiger partial charge in [0.15, 0.2) is 0 Å². The molecule has 0 saturated carbocycles. The van der Waals surface area contributed by atoms with Gasteiger partial charge in [-0.15, -0.1) is 0 Å². The van der Waals surface area contributed by atoms with Gasteiger partial charge in [0.1, 0.15) is 11.6 Å². The van der Waals surface area contributed by atoms with Gasteiger partial charge in [0.25, 0.3) is 0 Å². The second-order valence-corrected chi connectivity index (χ2v) is 4.67. The van der Waals surface area contributed by atoms with Crippen molar-refractivity contribution in [3.63, 3.8) is 0 Å². The molecule has 0 aliphatic heterocycles. The lowest BCUT2D eigenvalue weighted by Crippen LogP contribution is -2.06. The second kappa shape index (κ2) is 5.42. The highest BCUT2D eigenvalue weighted by molar-refractivity contribution is 9.10. The van der Waals surface area contributed by atoms with E-state index in [4.69, 9.17) is 0 Å². The number of aromatic nitrogens is 3. The van der Waals surface area contributed by atoms with E-state index >= 15 is 0 Å². The molecule has 0 atom stereocenters. The summed E-state index contributed by atoms with van der Waals surface area (Å²) in [5, 5.41) is 9.37. The summed E-state index contributed by atoms with van der Waals surface area (Å²) in [5.74, 6) is 1.72. The van der Waals surface area contributed by atoms with Crippen LogP contribution in [0.1, 0.15) is 24.7 Å². The summed E-state index contributed by atoms with van der Waals surface area (Å²) in [6.07, 6.45) is 7.29. The van der Waals surface area contributed by atoms with Crippen molar-refractivity contribution >= 4 is 15.9 Å². The van der Waals surface area contributed by atoms with Crippen LogP contribution in [0.25, 0.3) is 5.82 Å². The molecule has 5 heteroatoms. The number of nitrogens with zero attached hydrogens (tertiary/aromatic N) is 3. The fourth-order valence-electron chi connectivity index (χ4n) is 1.74. The first-order valence-corrected chi connectivity index (χ1v) is 6.33. The van der Waals surface area contributed by atoms with Crippen LogP contribution in [-0.4, -0.2) is 19.6 Å². The molecule has 17 heavy (non-hydrogen) atoms. The molecule has 0 saturated heterocycles. The highest BCUT2D eigenvalue weighted by Gasteiger charge is 2.10. The summed E-state index contributed by atoms with van der Waals surface area (Å²) in [7, 11) is 0. The maximum absolute atomic E-state index is 9.37.